The van der Waals surface area contributed by atoms with Crippen LogP contribution in [0, 0.1) is 0 Å². The number of hydrogen-bond donors (Lipinski definition) is 4. The number of amides is 2. The minimum absolute atomic E-state index is 0.0467. The molecule has 0 saturated heterocycles. The first-order valence-electron chi connectivity index (χ1n) is 14.4. The van der Waals surface area contributed by atoms with E-state index in [4.69, 9.17) is 19.7 Å². The standard InChI is InChI=1S/C30H34N5O8/c1-3-30(40)21-13-23-26-17(15-35(23)27(37)20(21)16-42-28(30)38)12-18-19(14-31-2)24(10-9-22(18)33-26)43-29(39)32-11-7-5-4-6-8-25(36)34-41/h9-10,12-13,31,41H,3-8,11,14-16H2,1-2H3,(H,32,39)(H,34,36)/q-1/t30-/m0/s1. The third-order valence-corrected chi connectivity index (χ3v) is 8.01. The molecule has 2 aliphatic rings. The monoisotopic (exact) mass is 592 g/mol. The highest BCUT2D eigenvalue weighted by molar-refractivity contribution is 5.90. The van der Waals surface area contributed by atoms with E-state index in [9.17, 15) is 24.3 Å². The SMILES string of the molecule is CC[C@@]1([O-])C(=O)OCc2c1cc1n(c2=O)Cc2cc3c(CNC)c(OC(=O)NCCCCCCC(=O)NO)ccc3nc2-1. The quantitative estimate of drug-likeness (QED) is 0.0865. The van der Waals surface area contributed by atoms with Crippen molar-refractivity contribution in [2.75, 3.05) is 13.6 Å². The molecule has 0 bridgehead atoms. The van der Waals surface area contributed by atoms with Gasteiger partial charge in [-0.05, 0) is 49.7 Å². The van der Waals surface area contributed by atoms with Gasteiger partial charge in [0, 0.05) is 41.6 Å². The van der Waals surface area contributed by atoms with Crippen molar-refractivity contribution in [3.63, 3.8) is 0 Å². The average molecular weight is 593 g/mol. The van der Waals surface area contributed by atoms with Crippen molar-refractivity contribution in [3.05, 3.63) is 56.9 Å². The average Bonchev–Trinajstić information content (AvgIpc) is 3.36. The predicted molar refractivity (Wildman–Crippen MR) is 152 cm³/mol. The van der Waals surface area contributed by atoms with Gasteiger partial charge in [0.05, 0.1) is 29.0 Å². The van der Waals surface area contributed by atoms with E-state index in [1.165, 1.54) is 0 Å². The molecular formula is C30H34N5O8-. The number of esters is 1. The highest BCUT2D eigenvalue weighted by Gasteiger charge is 2.38. The second kappa shape index (κ2) is 12.5. The molecule has 2 aliphatic heterocycles. The topological polar surface area (TPSA) is 184 Å². The van der Waals surface area contributed by atoms with E-state index in [1.807, 2.05) is 6.07 Å². The lowest BCUT2D eigenvalue weighted by Gasteiger charge is -2.41. The van der Waals surface area contributed by atoms with Gasteiger partial charge in [-0.25, -0.2) is 15.3 Å². The number of carbonyl (C=O) groups excluding carboxylic acids is 3. The summed E-state index contributed by atoms with van der Waals surface area (Å²) in [5, 5.41) is 28.5. The summed E-state index contributed by atoms with van der Waals surface area (Å²) in [5.74, 6) is -0.926. The zero-order chi connectivity index (χ0) is 30.7. The lowest BCUT2D eigenvalue weighted by atomic mass is 9.86. The van der Waals surface area contributed by atoms with E-state index in [0.717, 1.165) is 29.4 Å². The molecule has 0 fully saturated rings. The summed E-state index contributed by atoms with van der Waals surface area (Å²) in [6, 6.07) is 6.94. The van der Waals surface area contributed by atoms with E-state index >= 15 is 0 Å². The molecule has 0 aliphatic carbocycles. The van der Waals surface area contributed by atoms with Crippen molar-refractivity contribution in [1.82, 2.24) is 25.7 Å². The number of aromatic nitrogens is 2. The Kier molecular flexibility index (Phi) is 8.76. The Balaban J connectivity index is 1.36. The van der Waals surface area contributed by atoms with Gasteiger partial charge in [0.25, 0.3) is 11.5 Å². The number of nitrogens with zero attached hydrogens (tertiary/aromatic N) is 2. The minimum Gasteiger partial charge on any atom is -0.838 e. The molecule has 3 aromatic rings. The van der Waals surface area contributed by atoms with Crippen molar-refractivity contribution in [1.29, 1.82) is 0 Å². The molecule has 5 rings (SSSR count). The van der Waals surface area contributed by atoms with Gasteiger partial charge in [-0.1, -0.05) is 26.2 Å². The minimum atomic E-state index is -2.15. The summed E-state index contributed by atoms with van der Waals surface area (Å²) >= 11 is 0. The van der Waals surface area contributed by atoms with Gasteiger partial charge in [0.1, 0.15) is 12.4 Å². The molecule has 13 heteroatoms. The summed E-state index contributed by atoms with van der Waals surface area (Å²) < 4.78 is 12.3. The fourth-order valence-corrected chi connectivity index (χ4v) is 5.68. The molecule has 0 unspecified atom stereocenters. The third-order valence-electron chi connectivity index (χ3n) is 8.01. The number of benzene rings is 1. The van der Waals surface area contributed by atoms with Crippen molar-refractivity contribution in [2.24, 2.45) is 0 Å². The molecule has 2 aromatic heterocycles. The summed E-state index contributed by atoms with van der Waals surface area (Å²) in [6.07, 6.45) is 2.57. The maximum atomic E-state index is 13.4. The van der Waals surface area contributed by atoms with Gasteiger partial charge >= 0.3 is 6.09 Å². The van der Waals surface area contributed by atoms with Crippen LogP contribution < -0.4 is 31.5 Å². The molecule has 1 aromatic carbocycles. The van der Waals surface area contributed by atoms with Crippen LogP contribution in [0.2, 0.25) is 0 Å². The van der Waals surface area contributed by atoms with Crippen LogP contribution in [0.3, 0.4) is 0 Å². The number of carbonyl (C=O) groups is 3. The number of ether oxygens (including phenoxy) is 2. The van der Waals surface area contributed by atoms with Crippen LogP contribution in [-0.4, -0.2) is 46.3 Å². The number of unbranched alkanes of at least 4 members (excludes halogenated alkanes) is 3. The molecule has 13 nitrogen and oxygen atoms in total. The zero-order valence-corrected chi connectivity index (χ0v) is 24.1. The van der Waals surface area contributed by atoms with Gasteiger partial charge in [-0.2, -0.15) is 0 Å². The summed E-state index contributed by atoms with van der Waals surface area (Å²) in [6.45, 7) is 2.40. The maximum absolute atomic E-state index is 13.4. The highest BCUT2D eigenvalue weighted by atomic mass is 16.6. The third kappa shape index (κ3) is 5.70. The van der Waals surface area contributed by atoms with Gasteiger partial charge in [0.2, 0.25) is 5.91 Å². The fraction of sp³-hybridized carbons (Fsp3) is 0.433. The number of cyclic esters (lactones) is 1. The maximum Gasteiger partial charge on any atom is 0.412 e. The summed E-state index contributed by atoms with van der Waals surface area (Å²) in [5.41, 5.74) is 2.58. The Morgan fingerprint density at radius 2 is 1.98 bits per heavy atom. The largest absolute Gasteiger partial charge is 0.838 e. The number of nitrogens with one attached hydrogen (secondary N) is 3. The van der Waals surface area contributed by atoms with Crippen LogP contribution in [0.1, 0.15) is 67.7 Å². The molecule has 0 saturated carbocycles. The predicted octanol–water partition coefficient (Wildman–Crippen LogP) is 1.71. The van der Waals surface area contributed by atoms with Crippen molar-refractivity contribution in [2.45, 2.75) is 70.7 Å². The molecule has 0 radical (unpaired) electrons. The molecule has 43 heavy (non-hydrogen) atoms. The van der Waals surface area contributed by atoms with Crippen molar-refractivity contribution >= 4 is 28.9 Å². The van der Waals surface area contributed by atoms with E-state index in [1.54, 1.807) is 42.2 Å². The van der Waals surface area contributed by atoms with Crippen LogP contribution in [-0.2, 0) is 39.6 Å². The van der Waals surface area contributed by atoms with E-state index in [0.29, 0.717) is 48.6 Å². The lowest BCUT2D eigenvalue weighted by Crippen LogP contribution is -2.53. The first-order valence-corrected chi connectivity index (χ1v) is 14.4. The molecule has 4 N–H and O–H groups in total. The molecule has 1 atom stereocenters. The second-order valence-corrected chi connectivity index (χ2v) is 10.7. The Morgan fingerprint density at radius 3 is 2.72 bits per heavy atom. The highest BCUT2D eigenvalue weighted by Crippen LogP contribution is 2.38. The van der Waals surface area contributed by atoms with Crippen LogP contribution in [0.15, 0.2) is 29.1 Å². The first kappa shape index (κ1) is 30.1. The van der Waals surface area contributed by atoms with Gasteiger partial charge in [-0.15, -0.1) is 0 Å². The number of rotatable bonds is 11. The number of hydroxylamine groups is 1. The molecular weight excluding hydrogens is 558 g/mol. The summed E-state index contributed by atoms with van der Waals surface area (Å²) in [7, 11) is 1.78. The Bertz CT molecular complexity index is 1650. The zero-order valence-electron chi connectivity index (χ0n) is 24.1. The summed E-state index contributed by atoms with van der Waals surface area (Å²) in [4.78, 5) is 54.3. The number of hydrogen-bond acceptors (Lipinski definition) is 10. The van der Waals surface area contributed by atoms with Crippen molar-refractivity contribution in [3.8, 4) is 17.1 Å². The van der Waals surface area contributed by atoms with Gasteiger partial charge in [0.15, 0.2) is 0 Å². The molecule has 4 heterocycles. The second-order valence-electron chi connectivity index (χ2n) is 10.7. The number of fused-ring (bicyclic) bond motifs is 5. The van der Waals surface area contributed by atoms with Crippen molar-refractivity contribution < 1.29 is 34.2 Å². The Morgan fingerprint density at radius 1 is 1.19 bits per heavy atom. The fourth-order valence-electron chi connectivity index (χ4n) is 5.68. The normalized spacial score (nSPS) is 16.7. The van der Waals surface area contributed by atoms with E-state index < -0.39 is 23.6 Å². The van der Waals surface area contributed by atoms with E-state index in [-0.39, 0.29) is 42.7 Å². The first-order chi connectivity index (χ1) is 20.7. The lowest BCUT2D eigenvalue weighted by molar-refractivity contribution is -0.475. The smallest absolute Gasteiger partial charge is 0.412 e. The van der Waals surface area contributed by atoms with Crippen LogP contribution >= 0.6 is 0 Å². The van der Waals surface area contributed by atoms with Crippen LogP contribution in [0.5, 0.6) is 5.75 Å². The number of pyridine rings is 2. The Labute approximate surface area is 247 Å². The van der Waals surface area contributed by atoms with Crippen LogP contribution in [0.25, 0.3) is 22.3 Å². The van der Waals surface area contributed by atoms with Gasteiger partial charge < -0.3 is 29.8 Å². The van der Waals surface area contributed by atoms with Gasteiger partial charge in [-0.3, -0.25) is 19.6 Å². The Hall–Kier alpha value is -4.33. The van der Waals surface area contributed by atoms with E-state index in [2.05, 4.69) is 10.6 Å². The molecule has 0 spiro atoms. The molecule has 2 amide bonds. The molecule has 228 valence electrons. The van der Waals surface area contributed by atoms with Crippen LogP contribution in [0.4, 0.5) is 4.79 Å².